The maximum Gasteiger partial charge on any atom is 0.407 e. The first kappa shape index (κ1) is 24.2. The van der Waals surface area contributed by atoms with E-state index in [9.17, 15) is 9.59 Å². The molecule has 0 radical (unpaired) electrons. The summed E-state index contributed by atoms with van der Waals surface area (Å²) in [5.41, 5.74) is 1.43. The predicted octanol–water partition coefficient (Wildman–Crippen LogP) is 4.11. The minimum Gasteiger partial charge on any atom is -0.489 e. The lowest BCUT2D eigenvalue weighted by Crippen LogP contribution is -2.43. The number of nitrogens with zero attached hydrogens (tertiary/aromatic N) is 1. The molecule has 2 amide bonds. The Morgan fingerprint density at radius 1 is 1.00 bits per heavy atom. The molecule has 7 heteroatoms. The van der Waals surface area contributed by atoms with E-state index < -0.39 is 17.7 Å². The number of hydrogen-bond donors (Lipinski definition) is 1. The third-order valence-corrected chi connectivity index (χ3v) is 4.42. The Labute approximate surface area is 184 Å². The number of ether oxygens (including phenoxy) is 2. The topological polar surface area (TPSA) is 77.1 Å². The van der Waals surface area contributed by atoms with Gasteiger partial charge in [-0.05, 0) is 50.5 Å². The van der Waals surface area contributed by atoms with Crippen molar-refractivity contribution in [1.82, 2.24) is 10.4 Å². The Kier molecular flexibility index (Phi) is 8.88. The van der Waals surface area contributed by atoms with Crippen LogP contribution in [0.4, 0.5) is 4.79 Å². The molecule has 1 N–H and O–H groups in total. The van der Waals surface area contributed by atoms with E-state index in [1.54, 1.807) is 20.8 Å². The lowest BCUT2D eigenvalue weighted by molar-refractivity contribution is -0.169. The number of benzene rings is 2. The zero-order valence-electron chi connectivity index (χ0n) is 18.9. The highest BCUT2D eigenvalue weighted by Gasteiger charge is 2.23. The predicted molar refractivity (Wildman–Crippen MR) is 118 cm³/mol. The Morgan fingerprint density at radius 3 is 2.23 bits per heavy atom. The van der Waals surface area contributed by atoms with Gasteiger partial charge >= 0.3 is 6.09 Å². The Bertz CT molecular complexity index is 831. The van der Waals surface area contributed by atoms with E-state index in [0.29, 0.717) is 13.0 Å². The summed E-state index contributed by atoms with van der Waals surface area (Å²) >= 11 is 0. The van der Waals surface area contributed by atoms with E-state index in [0.717, 1.165) is 21.9 Å². The van der Waals surface area contributed by atoms with Crippen LogP contribution in [-0.4, -0.2) is 42.9 Å². The first-order valence-electron chi connectivity index (χ1n) is 10.2. The molecule has 0 bridgehead atoms. The average Bonchev–Trinajstić information content (AvgIpc) is 2.71. The molecule has 0 aliphatic carbocycles. The number of rotatable bonds is 9. The van der Waals surface area contributed by atoms with Crippen molar-refractivity contribution in [2.45, 2.75) is 51.9 Å². The Morgan fingerprint density at radius 2 is 1.65 bits per heavy atom. The van der Waals surface area contributed by atoms with Crippen molar-refractivity contribution >= 4 is 12.0 Å². The molecule has 0 fully saturated rings. The van der Waals surface area contributed by atoms with Gasteiger partial charge in [-0.3, -0.25) is 9.63 Å². The zero-order valence-corrected chi connectivity index (χ0v) is 18.9. The van der Waals surface area contributed by atoms with Gasteiger partial charge in [0.15, 0.2) is 0 Å². The maximum absolute atomic E-state index is 12.3. The molecule has 0 aromatic heterocycles. The average molecular weight is 429 g/mol. The SMILES string of the molecule is CON(C)C(=O)C[C@H](Cc1ccc(OCc2ccccc2)cc1)NC(=O)OC(C)(C)C. The summed E-state index contributed by atoms with van der Waals surface area (Å²) in [5, 5.41) is 3.94. The summed E-state index contributed by atoms with van der Waals surface area (Å²) in [7, 11) is 2.95. The molecular formula is C24H32N2O5. The molecule has 0 saturated carbocycles. The van der Waals surface area contributed by atoms with Crippen LogP contribution in [-0.2, 0) is 27.4 Å². The van der Waals surface area contributed by atoms with Crippen molar-refractivity contribution in [2.24, 2.45) is 0 Å². The van der Waals surface area contributed by atoms with Crippen LogP contribution in [0.3, 0.4) is 0 Å². The first-order valence-corrected chi connectivity index (χ1v) is 10.2. The molecule has 168 valence electrons. The van der Waals surface area contributed by atoms with Gasteiger partial charge < -0.3 is 14.8 Å². The molecule has 0 aliphatic heterocycles. The Hall–Kier alpha value is -3.06. The summed E-state index contributed by atoms with van der Waals surface area (Å²) in [5.74, 6) is 0.505. The van der Waals surface area contributed by atoms with Crippen LogP contribution in [0.15, 0.2) is 54.6 Å². The van der Waals surface area contributed by atoms with Crippen molar-refractivity contribution in [1.29, 1.82) is 0 Å². The summed E-state index contributed by atoms with van der Waals surface area (Å²) in [6.07, 6.45) is -0.0228. The van der Waals surface area contributed by atoms with Gasteiger partial charge in [-0.25, -0.2) is 9.86 Å². The molecular weight excluding hydrogens is 396 g/mol. The van der Waals surface area contributed by atoms with Crippen molar-refractivity contribution in [3.05, 3.63) is 65.7 Å². The van der Waals surface area contributed by atoms with Gasteiger partial charge in [-0.15, -0.1) is 0 Å². The molecule has 2 rings (SSSR count). The molecule has 2 aromatic rings. The lowest BCUT2D eigenvalue weighted by atomic mass is 10.0. The fourth-order valence-electron chi connectivity index (χ4n) is 2.84. The number of alkyl carbamates (subject to hydrolysis) is 1. The van der Waals surface area contributed by atoms with Crippen LogP contribution >= 0.6 is 0 Å². The van der Waals surface area contributed by atoms with Gasteiger partial charge in [0.1, 0.15) is 18.0 Å². The third-order valence-electron chi connectivity index (χ3n) is 4.42. The Balaban J connectivity index is 2.00. The normalized spacial score (nSPS) is 12.0. The molecule has 31 heavy (non-hydrogen) atoms. The second-order valence-corrected chi connectivity index (χ2v) is 8.24. The van der Waals surface area contributed by atoms with Crippen molar-refractivity contribution in [3.63, 3.8) is 0 Å². The number of amides is 2. The number of hydrogen-bond acceptors (Lipinski definition) is 5. The maximum atomic E-state index is 12.3. The molecule has 1 atom stereocenters. The minimum absolute atomic E-state index is 0.0792. The summed E-state index contributed by atoms with van der Waals surface area (Å²) < 4.78 is 11.2. The van der Waals surface area contributed by atoms with Crippen molar-refractivity contribution < 1.29 is 23.9 Å². The van der Waals surface area contributed by atoms with Crippen LogP contribution in [0.5, 0.6) is 5.75 Å². The quantitative estimate of drug-likeness (QED) is 0.608. The highest BCUT2D eigenvalue weighted by molar-refractivity contribution is 5.76. The fraction of sp³-hybridized carbons (Fsp3) is 0.417. The van der Waals surface area contributed by atoms with Gasteiger partial charge in [-0.2, -0.15) is 0 Å². The van der Waals surface area contributed by atoms with E-state index in [1.807, 2.05) is 54.6 Å². The van der Waals surface area contributed by atoms with E-state index >= 15 is 0 Å². The molecule has 2 aromatic carbocycles. The van der Waals surface area contributed by atoms with Gasteiger partial charge in [0.05, 0.1) is 7.11 Å². The number of carbonyl (C=O) groups is 2. The van der Waals surface area contributed by atoms with Crippen LogP contribution in [0, 0.1) is 0 Å². The van der Waals surface area contributed by atoms with E-state index in [2.05, 4.69) is 5.32 Å². The standard InChI is InChI=1S/C24H32N2O5/c1-24(2,3)31-23(28)25-20(16-22(27)26(4)29-5)15-18-11-13-21(14-12-18)30-17-19-9-7-6-8-10-19/h6-14,20H,15-17H2,1-5H3,(H,25,28)/t20-/m0/s1. The monoisotopic (exact) mass is 428 g/mol. The molecule has 7 nitrogen and oxygen atoms in total. The van der Waals surface area contributed by atoms with Crippen molar-refractivity contribution in [3.8, 4) is 5.75 Å². The molecule has 0 spiro atoms. The second-order valence-electron chi connectivity index (χ2n) is 8.24. The van der Waals surface area contributed by atoms with E-state index in [-0.39, 0.29) is 12.3 Å². The molecule has 0 saturated heterocycles. The zero-order chi connectivity index (χ0) is 22.9. The number of nitrogens with one attached hydrogen (secondary N) is 1. The van der Waals surface area contributed by atoms with Crippen LogP contribution < -0.4 is 10.1 Å². The highest BCUT2D eigenvalue weighted by atomic mass is 16.7. The second kappa shape index (κ2) is 11.4. The van der Waals surface area contributed by atoms with E-state index in [1.165, 1.54) is 14.2 Å². The van der Waals surface area contributed by atoms with Crippen molar-refractivity contribution in [2.75, 3.05) is 14.2 Å². The van der Waals surface area contributed by atoms with Gasteiger partial charge in [-0.1, -0.05) is 42.5 Å². The van der Waals surface area contributed by atoms with Gasteiger partial charge in [0.25, 0.3) is 0 Å². The molecule has 0 aliphatic rings. The third kappa shape index (κ3) is 9.09. The molecule has 0 heterocycles. The smallest absolute Gasteiger partial charge is 0.407 e. The van der Waals surface area contributed by atoms with Gasteiger partial charge in [0, 0.05) is 19.5 Å². The number of hydroxylamine groups is 2. The fourth-order valence-corrected chi connectivity index (χ4v) is 2.84. The molecule has 0 unspecified atom stereocenters. The highest BCUT2D eigenvalue weighted by Crippen LogP contribution is 2.17. The van der Waals surface area contributed by atoms with E-state index in [4.69, 9.17) is 14.3 Å². The van der Waals surface area contributed by atoms with Crippen LogP contribution in [0.25, 0.3) is 0 Å². The lowest BCUT2D eigenvalue weighted by Gasteiger charge is -2.24. The summed E-state index contributed by atoms with van der Waals surface area (Å²) in [6, 6.07) is 17.1. The minimum atomic E-state index is -0.625. The van der Waals surface area contributed by atoms with Gasteiger partial charge in [0.2, 0.25) is 5.91 Å². The number of carbonyl (C=O) groups excluding carboxylic acids is 2. The van der Waals surface area contributed by atoms with Crippen LogP contribution in [0.1, 0.15) is 38.3 Å². The summed E-state index contributed by atoms with van der Waals surface area (Å²) in [4.78, 5) is 29.5. The van der Waals surface area contributed by atoms with Crippen LogP contribution in [0.2, 0.25) is 0 Å². The summed E-state index contributed by atoms with van der Waals surface area (Å²) in [6.45, 7) is 5.86. The first-order chi connectivity index (χ1) is 14.7. The largest absolute Gasteiger partial charge is 0.489 e.